The summed E-state index contributed by atoms with van der Waals surface area (Å²) in [5.41, 5.74) is 1.39. The van der Waals surface area contributed by atoms with Crippen molar-refractivity contribution in [3.05, 3.63) is 59.9 Å². The summed E-state index contributed by atoms with van der Waals surface area (Å²) in [6.07, 6.45) is 0. The van der Waals surface area contributed by atoms with Crippen LogP contribution in [-0.2, 0) is 4.79 Å². The van der Waals surface area contributed by atoms with E-state index < -0.39 is 5.82 Å². The number of carbonyl (C=O) groups is 2. The van der Waals surface area contributed by atoms with Crippen LogP contribution in [0.1, 0.15) is 17.3 Å². The zero-order chi connectivity index (χ0) is 18.5. The van der Waals surface area contributed by atoms with E-state index >= 15 is 0 Å². The normalized spacial score (nSPS) is 10.5. The Kier molecular flexibility index (Phi) is 5.43. The van der Waals surface area contributed by atoms with Crippen LogP contribution in [0, 0.1) is 5.82 Å². The molecule has 0 aliphatic carbocycles. The Labute approximate surface area is 153 Å². The third-order valence-corrected chi connectivity index (χ3v) is 4.33. The molecule has 0 aliphatic heterocycles. The van der Waals surface area contributed by atoms with E-state index in [0.717, 1.165) is 11.8 Å². The van der Waals surface area contributed by atoms with E-state index in [4.69, 9.17) is 0 Å². The lowest BCUT2D eigenvalue weighted by Gasteiger charge is -2.05. The number of thioether (sulfide) groups is 1. The van der Waals surface area contributed by atoms with Crippen LogP contribution in [0.5, 0.6) is 0 Å². The lowest BCUT2D eigenvalue weighted by molar-refractivity contribution is -0.113. The van der Waals surface area contributed by atoms with Gasteiger partial charge in [0.1, 0.15) is 5.82 Å². The Balaban J connectivity index is 1.59. The molecule has 0 spiro atoms. The molecule has 3 aromatic rings. The molecular weight excluding hydrogens is 355 g/mol. The number of aromatic nitrogens is 3. The number of rotatable bonds is 6. The molecule has 0 saturated heterocycles. The molecule has 0 radical (unpaired) electrons. The maximum atomic E-state index is 13.7. The number of H-pyrrole nitrogens is 1. The van der Waals surface area contributed by atoms with Gasteiger partial charge >= 0.3 is 0 Å². The van der Waals surface area contributed by atoms with Crippen molar-refractivity contribution in [3.63, 3.8) is 0 Å². The summed E-state index contributed by atoms with van der Waals surface area (Å²) in [6.45, 7) is 1.47. The molecule has 1 amide bonds. The molecule has 0 atom stereocenters. The first-order valence-corrected chi connectivity index (χ1v) is 8.72. The van der Waals surface area contributed by atoms with Crippen molar-refractivity contribution in [2.24, 2.45) is 0 Å². The number of aromatic amines is 1. The molecule has 8 heteroatoms. The number of amides is 1. The number of nitrogens with one attached hydrogen (secondary N) is 2. The smallest absolute Gasteiger partial charge is 0.234 e. The van der Waals surface area contributed by atoms with Crippen molar-refractivity contribution in [3.8, 4) is 11.4 Å². The van der Waals surface area contributed by atoms with Crippen LogP contribution in [0.25, 0.3) is 11.4 Å². The van der Waals surface area contributed by atoms with Crippen LogP contribution in [0.4, 0.5) is 10.1 Å². The zero-order valence-corrected chi connectivity index (χ0v) is 14.6. The molecule has 2 N–H and O–H groups in total. The van der Waals surface area contributed by atoms with E-state index in [1.165, 1.54) is 13.0 Å². The number of benzene rings is 2. The average Bonchev–Trinajstić information content (AvgIpc) is 3.09. The van der Waals surface area contributed by atoms with E-state index in [1.807, 2.05) is 0 Å². The third-order valence-electron chi connectivity index (χ3n) is 3.48. The summed E-state index contributed by atoms with van der Waals surface area (Å²) in [5, 5.41) is 9.71. The molecule has 1 heterocycles. The highest BCUT2D eigenvalue weighted by molar-refractivity contribution is 7.99. The van der Waals surface area contributed by atoms with Gasteiger partial charge in [0, 0.05) is 11.3 Å². The molecule has 26 heavy (non-hydrogen) atoms. The molecule has 0 unspecified atom stereocenters. The highest BCUT2D eigenvalue weighted by Gasteiger charge is 2.12. The van der Waals surface area contributed by atoms with E-state index in [1.54, 1.807) is 42.5 Å². The summed E-state index contributed by atoms with van der Waals surface area (Å²) in [4.78, 5) is 27.6. The number of nitrogens with zero attached hydrogens (tertiary/aromatic N) is 2. The Morgan fingerprint density at radius 3 is 2.77 bits per heavy atom. The van der Waals surface area contributed by atoms with Gasteiger partial charge in [-0.15, -0.1) is 5.10 Å². The van der Waals surface area contributed by atoms with E-state index in [0.29, 0.717) is 27.8 Å². The summed E-state index contributed by atoms with van der Waals surface area (Å²) in [7, 11) is 0. The average molecular weight is 370 g/mol. The van der Waals surface area contributed by atoms with Crippen LogP contribution in [-0.4, -0.2) is 32.6 Å². The second kappa shape index (κ2) is 7.92. The van der Waals surface area contributed by atoms with Gasteiger partial charge in [0.05, 0.1) is 11.3 Å². The topological polar surface area (TPSA) is 87.7 Å². The van der Waals surface area contributed by atoms with Crippen molar-refractivity contribution in [2.45, 2.75) is 12.1 Å². The minimum absolute atomic E-state index is 0.0723. The number of anilines is 1. The largest absolute Gasteiger partial charge is 0.325 e. The number of halogens is 1. The zero-order valence-electron chi connectivity index (χ0n) is 13.8. The Bertz CT molecular complexity index is 958. The summed E-state index contributed by atoms with van der Waals surface area (Å²) >= 11 is 1.12. The maximum Gasteiger partial charge on any atom is 0.234 e. The van der Waals surface area contributed by atoms with Gasteiger partial charge in [-0.25, -0.2) is 9.37 Å². The van der Waals surface area contributed by atoms with Crippen molar-refractivity contribution in [1.82, 2.24) is 15.2 Å². The first kappa shape index (κ1) is 17.8. The van der Waals surface area contributed by atoms with Crippen LogP contribution >= 0.6 is 11.8 Å². The van der Waals surface area contributed by atoms with Crippen molar-refractivity contribution >= 4 is 29.1 Å². The molecule has 0 bridgehead atoms. The second-order valence-electron chi connectivity index (χ2n) is 5.42. The van der Waals surface area contributed by atoms with Crippen molar-refractivity contribution < 1.29 is 14.0 Å². The van der Waals surface area contributed by atoms with Gasteiger partial charge in [-0.3, -0.25) is 14.7 Å². The summed E-state index contributed by atoms with van der Waals surface area (Å²) in [6, 6.07) is 12.9. The minimum Gasteiger partial charge on any atom is -0.325 e. The quantitative estimate of drug-likeness (QED) is 0.512. The van der Waals surface area contributed by atoms with Crippen LogP contribution in [0.15, 0.2) is 53.7 Å². The summed E-state index contributed by atoms with van der Waals surface area (Å²) in [5.74, 6) is -0.341. The lowest BCUT2D eigenvalue weighted by atomic mass is 10.1. The molecule has 0 fully saturated rings. The predicted octanol–water partition coefficient (Wildman–Crippen LogP) is 3.54. The molecule has 1 aromatic heterocycles. The number of hydrogen-bond donors (Lipinski definition) is 2. The van der Waals surface area contributed by atoms with Gasteiger partial charge < -0.3 is 5.32 Å². The lowest BCUT2D eigenvalue weighted by Crippen LogP contribution is -2.14. The van der Waals surface area contributed by atoms with Crippen molar-refractivity contribution in [2.75, 3.05) is 11.1 Å². The van der Waals surface area contributed by atoms with Crippen molar-refractivity contribution in [1.29, 1.82) is 0 Å². The molecular formula is C18H15FN4O2S. The second-order valence-corrected chi connectivity index (χ2v) is 6.36. The number of hydrogen-bond acceptors (Lipinski definition) is 5. The fourth-order valence-corrected chi connectivity index (χ4v) is 2.83. The predicted molar refractivity (Wildman–Crippen MR) is 97.6 cm³/mol. The molecule has 132 valence electrons. The van der Waals surface area contributed by atoms with Gasteiger partial charge in [-0.2, -0.15) is 0 Å². The van der Waals surface area contributed by atoms with Crippen LogP contribution in [0.2, 0.25) is 0 Å². The van der Waals surface area contributed by atoms with Crippen LogP contribution < -0.4 is 5.32 Å². The molecule has 0 aliphatic rings. The maximum absolute atomic E-state index is 13.7. The monoisotopic (exact) mass is 370 g/mol. The first-order chi connectivity index (χ1) is 12.5. The molecule has 0 saturated carbocycles. The Morgan fingerprint density at radius 1 is 1.19 bits per heavy atom. The Morgan fingerprint density at radius 2 is 2.00 bits per heavy atom. The molecule has 2 aromatic carbocycles. The SMILES string of the molecule is CC(=O)c1cccc(NC(=O)CSc2n[nH]c(-c3ccccc3F)n2)c1. The van der Waals surface area contributed by atoms with Gasteiger partial charge in [0.15, 0.2) is 11.6 Å². The van der Waals surface area contributed by atoms with Gasteiger partial charge in [-0.1, -0.05) is 36.0 Å². The standard InChI is InChI=1S/C18H15FN4O2S/c1-11(24)12-5-4-6-13(9-12)20-16(25)10-26-18-21-17(22-23-18)14-7-2-3-8-15(14)19/h2-9H,10H2,1H3,(H,20,25)(H,21,22,23). The van der Waals surface area contributed by atoms with E-state index in [-0.39, 0.29) is 17.4 Å². The molecule has 3 rings (SSSR count). The number of Topliss-reactive ketones (excluding diaryl/α,β-unsaturated/α-hetero) is 1. The van der Waals surface area contributed by atoms with E-state index in [9.17, 15) is 14.0 Å². The highest BCUT2D eigenvalue weighted by atomic mass is 32.2. The fourth-order valence-electron chi connectivity index (χ4n) is 2.23. The van der Waals surface area contributed by atoms with Crippen LogP contribution in [0.3, 0.4) is 0 Å². The highest BCUT2D eigenvalue weighted by Crippen LogP contribution is 2.21. The summed E-state index contributed by atoms with van der Waals surface area (Å²) < 4.78 is 13.7. The van der Waals surface area contributed by atoms with Gasteiger partial charge in [-0.05, 0) is 31.2 Å². The molecule has 6 nitrogen and oxygen atoms in total. The Hall–Kier alpha value is -3.00. The fraction of sp³-hybridized carbons (Fsp3) is 0.111. The first-order valence-electron chi connectivity index (χ1n) is 7.74. The van der Waals surface area contributed by atoms with E-state index in [2.05, 4.69) is 20.5 Å². The minimum atomic E-state index is -0.400. The number of carbonyl (C=O) groups excluding carboxylic acids is 2. The number of ketones is 1. The van der Waals surface area contributed by atoms with Gasteiger partial charge in [0.2, 0.25) is 11.1 Å². The van der Waals surface area contributed by atoms with Gasteiger partial charge in [0.25, 0.3) is 0 Å². The third kappa shape index (κ3) is 4.34.